The van der Waals surface area contributed by atoms with Gasteiger partial charge in [0.2, 0.25) is 5.91 Å². The molecule has 2 aliphatic rings. The second-order valence-corrected chi connectivity index (χ2v) is 5.03. The number of hydrogen-bond donors (Lipinski definition) is 0. The molecule has 2 rings (SSSR count). The number of nitrogens with zero attached hydrogens (tertiary/aromatic N) is 3. The number of carbonyl (C=O) groups excluding carboxylic acids is 1. The molecule has 0 bridgehead atoms. The maximum absolute atomic E-state index is 11.2. The van der Waals surface area contributed by atoms with Gasteiger partial charge in [-0.05, 0) is 12.8 Å². The van der Waals surface area contributed by atoms with E-state index in [1.807, 2.05) is 4.90 Å². The molecule has 88 valence electrons. The van der Waals surface area contributed by atoms with Crippen LogP contribution in [0.25, 0.3) is 0 Å². The first-order valence-corrected chi connectivity index (χ1v) is 6.04. The van der Waals surface area contributed by atoms with Gasteiger partial charge in [0.05, 0.1) is 11.5 Å². The number of rotatable bonds is 2. The van der Waals surface area contributed by atoms with Gasteiger partial charge >= 0.3 is 0 Å². The van der Waals surface area contributed by atoms with E-state index in [1.54, 1.807) is 6.92 Å². The topological polar surface area (TPSA) is 47.3 Å². The number of piperazine rings is 1. The van der Waals surface area contributed by atoms with Crippen LogP contribution in [0.4, 0.5) is 0 Å². The first-order chi connectivity index (χ1) is 7.65. The van der Waals surface area contributed by atoms with Crippen molar-refractivity contribution in [3.63, 3.8) is 0 Å². The summed E-state index contributed by atoms with van der Waals surface area (Å²) in [5, 5.41) is 9.17. The van der Waals surface area contributed by atoms with Crippen LogP contribution in [0.5, 0.6) is 0 Å². The van der Waals surface area contributed by atoms with Gasteiger partial charge in [0.15, 0.2) is 0 Å². The van der Waals surface area contributed by atoms with Crippen molar-refractivity contribution < 1.29 is 4.79 Å². The molecule has 1 aliphatic heterocycles. The van der Waals surface area contributed by atoms with E-state index in [1.165, 1.54) is 6.42 Å². The standard InChI is InChI=1S/C12H19N3O/c1-11(16)15-7-5-14(6-8-15)10-12(9-13)3-2-4-12/h2-8,10H2,1H3. The van der Waals surface area contributed by atoms with E-state index >= 15 is 0 Å². The minimum Gasteiger partial charge on any atom is -0.340 e. The van der Waals surface area contributed by atoms with E-state index in [4.69, 9.17) is 5.26 Å². The number of amides is 1. The largest absolute Gasteiger partial charge is 0.340 e. The van der Waals surface area contributed by atoms with Crippen LogP contribution in [0.15, 0.2) is 0 Å². The Bertz CT molecular complexity index is 309. The Balaban J connectivity index is 1.81. The molecule has 0 N–H and O–H groups in total. The lowest BCUT2D eigenvalue weighted by Gasteiger charge is -2.42. The zero-order chi connectivity index (χ0) is 11.6. The molecule has 0 unspecified atom stereocenters. The smallest absolute Gasteiger partial charge is 0.219 e. The first-order valence-electron chi connectivity index (χ1n) is 6.04. The molecule has 0 aromatic carbocycles. The van der Waals surface area contributed by atoms with E-state index < -0.39 is 0 Å². The SMILES string of the molecule is CC(=O)N1CCN(CC2(C#N)CCC2)CC1. The van der Waals surface area contributed by atoms with E-state index in [2.05, 4.69) is 11.0 Å². The highest BCUT2D eigenvalue weighted by Gasteiger charge is 2.39. The normalized spacial score (nSPS) is 24.6. The zero-order valence-corrected chi connectivity index (χ0v) is 9.91. The number of nitriles is 1. The number of hydrogen-bond acceptors (Lipinski definition) is 3. The zero-order valence-electron chi connectivity index (χ0n) is 9.91. The van der Waals surface area contributed by atoms with Crippen molar-refractivity contribution in [3.8, 4) is 6.07 Å². The lowest BCUT2D eigenvalue weighted by molar-refractivity contribution is -0.130. The van der Waals surface area contributed by atoms with Crippen LogP contribution in [0, 0.1) is 16.7 Å². The molecule has 1 saturated heterocycles. The Labute approximate surface area is 96.8 Å². The molecule has 1 aliphatic carbocycles. The molecule has 1 saturated carbocycles. The van der Waals surface area contributed by atoms with Gasteiger partial charge in [0.25, 0.3) is 0 Å². The Kier molecular flexibility index (Phi) is 3.15. The highest BCUT2D eigenvalue weighted by Crippen LogP contribution is 2.40. The van der Waals surface area contributed by atoms with Gasteiger partial charge in [-0.2, -0.15) is 5.26 Å². The van der Waals surface area contributed by atoms with Crippen molar-refractivity contribution in [1.29, 1.82) is 5.26 Å². The summed E-state index contributed by atoms with van der Waals surface area (Å²) in [6.45, 7) is 5.99. The highest BCUT2D eigenvalue weighted by atomic mass is 16.2. The summed E-state index contributed by atoms with van der Waals surface area (Å²) < 4.78 is 0. The Morgan fingerprint density at radius 3 is 2.31 bits per heavy atom. The second-order valence-electron chi connectivity index (χ2n) is 5.03. The van der Waals surface area contributed by atoms with Crippen molar-refractivity contribution >= 4 is 5.91 Å². The molecule has 4 nitrogen and oxygen atoms in total. The van der Waals surface area contributed by atoms with Gasteiger partial charge in [-0.15, -0.1) is 0 Å². The van der Waals surface area contributed by atoms with Crippen LogP contribution < -0.4 is 0 Å². The van der Waals surface area contributed by atoms with Crippen molar-refractivity contribution in [1.82, 2.24) is 9.80 Å². The molecule has 16 heavy (non-hydrogen) atoms. The van der Waals surface area contributed by atoms with Gasteiger partial charge in [-0.3, -0.25) is 9.69 Å². The van der Waals surface area contributed by atoms with Crippen molar-refractivity contribution in [3.05, 3.63) is 0 Å². The average molecular weight is 221 g/mol. The van der Waals surface area contributed by atoms with Crippen LogP contribution in [-0.2, 0) is 4.79 Å². The van der Waals surface area contributed by atoms with Crippen molar-refractivity contribution in [2.24, 2.45) is 5.41 Å². The quantitative estimate of drug-likeness (QED) is 0.694. The maximum Gasteiger partial charge on any atom is 0.219 e. The highest BCUT2D eigenvalue weighted by molar-refractivity contribution is 5.73. The van der Waals surface area contributed by atoms with E-state index in [0.717, 1.165) is 45.6 Å². The Morgan fingerprint density at radius 1 is 1.31 bits per heavy atom. The molecule has 1 heterocycles. The van der Waals surface area contributed by atoms with Gasteiger partial charge in [-0.25, -0.2) is 0 Å². The third-order valence-electron chi connectivity index (χ3n) is 3.89. The predicted octanol–water partition coefficient (Wildman–Crippen LogP) is 0.844. The summed E-state index contributed by atoms with van der Waals surface area (Å²) in [5.74, 6) is 0.165. The lowest BCUT2D eigenvalue weighted by Crippen LogP contribution is -2.52. The fraction of sp³-hybridized carbons (Fsp3) is 0.833. The van der Waals surface area contributed by atoms with Crippen molar-refractivity contribution in [2.45, 2.75) is 26.2 Å². The molecular formula is C12H19N3O. The van der Waals surface area contributed by atoms with Gasteiger partial charge in [0, 0.05) is 39.6 Å². The van der Waals surface area contributed by atoms with E-state index in [0.29, 0.717) is 0 Å². The van der Waals surface area contributed by atoms with Gasteiger partial charge < -0.3 is 4.90 Å². The monoisotopic (exact) mass is 221 g/mol. The van der Waals surface area contributed by atoms with Crippen LogP contribution in [0.1, 0.15) is 26.2 Å². The van der Waals surface area contributed by atoms with Crippen LogP contribution >= 0.6 is 0 Å². The predicted molar refractivity (Wildman–Crippen MR) is 60.6 cm³/mol. The molecule has 0 spiro atoms. The van der Waals surface area contributed by atoms with Crippen LogP contribution in [0.3, 0.4) is 0 Å². The van der Waals surface area contributed by atoms with E-state index in [-0.39, 0.29) is 11.3 Å². The minimum atomic E-state index is -0.0710. The molecule has 0 aromatic heterocycles. The average Bonchev–Trinajstić information content (AvgIpc) is 2.24. The molecule has 0 radical (unpaired) electrons. The molecule has 0 aromatic rings. The fourth-order valence-electron chi connectivity index (χ4n) is 2.56. The summed E-state index contributed by atoms with van der Waals surface area (Å²) in [6, 6.07) is 2.47. The molecule has 0 atom stereocenters. The lowest BCUT2D eigenvalue weighted by atomic mass is 9.69. The molecule has 1 amide bonds. The summed E-state index contributed by atoms with van der Waals surface area (Å²) in [7, 11) is 0. The van der Waals surface area contributed by atoms with Crippen LogP contribution in [-0.4, -0.2) is 48.4 Å². The summed E-state index contributed by atoms with van der Waals surface area (Å²) in [5.41, 5.74) is -0.0710. The third kappa shape index (κ3) is 2.19. The first kappa shape index (κ1) is 11.4. The summed E-state index contributed by atoms with van der Waals surface area (Å²) >= 11 is 0. The summed E-state index contributed by atoms with van der Waals surface area (Å²) in [6.07, 6.45) is 3.30. The minimum absolute atomic E-state index is 0.0710. The third-order valence-corrected chi connectivity index (χ3v) is 3.89. The second kappa shape index (κ2) is 4.42. The van der Waals surface area contributed by atoms with Gasteiger partial charge in [-0.1, -0.05) is 6.42 Å². The van der Waals surface area contributed by atoms with Crippen LogP contribution in [0.2, 0.25) is 0 Å². The Morgan fingerprint density at radius 2 is 1.94 bits per heavy atom. The fourth-order valence-corrected chi connectivity index (χ4v) is 2.56. The molecule has 4 heteroatoms. The van der Waals surface area contributed by atoms with Gasteiger partial charge in [0.1, 0.15) is 0 Å². The Hall–Kier alpha value is -1.08. The molecule has 2 fully saturated rings. The maximum atomic E-state index is 11.2. The summed E-state index contributed by atoms with van der Waals surface area (Å²) in [4.78, 5) is 15.4. The molecular weight excluding hydrogens is 202 g/mol. The number of carbonyl (C=O) groups is 1. The van der Waals surface area contributed by atoms with Crippen molar-refractivity contribution in [2.75, 3.05) is 32.7 Å². The van der Waals surface area contributed by atoms with E-state index in [9.17, 15) is 4.79 Å².